The van der Waals surface area contributed by atoms with Crippen molar-refractivity contribution in [3.8, 4) is 5.75 Å². The number of rotatable bonds is 5. The van der Waals surface area contributed by atoms with Gasteiger partial charge in [0.2, 0.25) is 5.82 Å². The van der Waals surface area contributed by atoms with Crippen molar-refractivity contribution in [2.24, 2.45) is 0 Å². The van der Waals surface area contributed by atoms with Crippen LogP contribution in [0.5, 0.6) is 5.75 Å². The predicted octanol–water partition coefficient (Wildman–Crippen LogP) is 3.56. The van der Waals surface area contributed by atoms with Crippen LogP contribution in [0.3, 0.4) is 0 Å². The SMILES string of the molecule is Nc1ccc(F)c(F)c1OCCCc1ccccc1. The number of benzene rings is 2. The Bertz CT molecular complexity index is 543. The first kappa shape index (κ1) is 13.3. The first-order valence-electron chi connectivity index (χ1n) is 6.08. The Morgan fingerprint density at radius 2 is 1.74 bits per heavy atom. The zero-order valence-corrected chi connectivity index (χ0v) is 10.4. The summed E-state index contributed by atoms with van der Waals surface area (Å²) in [6, 6.07) is 12.2. The lowest BCUT2D eigenvalue weighted by Crippen LogP contribution is -2.05. The van der Waals surface area contributed by atoms with E-state index in [0.29, 0.717) is 13.0 Å². The molecule has 0 heterocycles. The van der Waals surface area contributed by atoms with E-state index in [1.54, 1.807) is 0 Å². The fourth-order valence-electron chi connectivity index (χ4n) is 1.79. The minimum atomic E-state index is -1.03. The normalized spacial score (nSPS) is 10.4. The molecule has 100 valence electrons. The molecule has 0 unspecified atom stereocenters. The van der Waals surface area contributed by atoms with Gasteiger partial charge >= 0.3 is 0 Å². The molecule has 0 aliphatic rings. The zero-order valence-electron chi connectivity index (χ0n) is 10.4. The van der Waals surface area contributed by atoms with Gasteiger partial charge in [-0.1, -0.05) is 30.3 Å². The average Bonchev–Trinajstić information content (AvgIpc) is 2.43. The van der Waals surface area contributed by atoms with Gasteiger partial charge in [-0.15, -0.1) is 0 Å². The summed E-state index contributed by atoms with van der Waals surface area (Å²) in [5, 5.41) is 0. The summed E-state index contributed by atoms with van der Waals surface area (Å²) in [7, 11) is 0. The van der Waals surface area contributed by atoms with E-state index in [4.69, 9.17) is 10.5 Å². The van der Waals surface area contributed by atoms with E-state index < -0.39 is 11.6 Å². The van der Waals surface area contributed by atoms with Gasteiger partial charge in [-0.25, -0.2) is 4.39 Å². The number of hydrogen-bond acceptors (Lipinski definition) is 2. The van der Waals surface area contributed by atoms with E-state index in [9.17, 15) is 8.78 Å². The van der Waals surface area contributed by atoms with E-state index in [-0.39, 0.29) is 11.4 Å². The van der Waals surface area contributed by atoms with Crippen molar-refractivity contribution in [2.45, 2.75) is 12.8 Å². The van der Waals surface area contributed by atoms with E-state index in [0.717, 1.165) is 12.5 Å². The van der Waals surface area contributed by atoms with Crippen LogP contribution in [0.4, 0.5) is 14.5 Å². The van der Waals surface area contributed by atoms with E-state index in [1.165, 1.54) is 11.6 Å². The summed E-state index contributed by atoms with van der Waals surface area (Å²) in [4.78, 5) is 0. The Morgan fingerprint density at radius 1 is 1.00 bits per heavy atom. The molecular weight excluding hydrogens is 248 g/mol. The highest BCUT2D eigenvalue weighted by atomic mass is 19.2. The smallest absolute Gasteiger partial charge is 0.202 e. The summed E-state index contributed by atoms with van der Waals surface area (Å²) in [6.45, 7) is 0.291. The van der Waals surface area contributed by atoms with Crippen LogP contribution in [0.2, 0.25) is 0 Å². The first-order chi connectivity index (χ1) is 9.18. The molecule has 0 amide bonds. The van der Waals surface area contributed by atoms with Crippen LogP contribution in [0, 0.1) is 11.6 Å². The molecule has 0 spiro atoms. The lowest BCUT2D eigenvalue weighted by Gasteiger charge is -2.10. The molecule has 2 aromatic carbocycles. The first-order valence-corrected chi connectivity index (χ1v) is 6.08. The number of nitrogens with two attached hydrogens (primary N) is 1. The molecule has 0 radical (unpaired) electrons. The minimum absolute atomic E-state index is 0.110. The second-order valence-electron chi connectivity index (χ2n) is 4.22. The highest BCUT2D eigenvalue weighted by Gasteiger charge is 2.12. The van der Waals surface area contributed by atoms with Crippen LogP contribution in [0.15, 0.2) is 42.5 Å². The Hall–Kier alpha value is -2.10. The minimum Gasteiger partial charge on any atom is -0.488 e. The molecule has 0 saturated heterocycles. The average molecular weight is 263 g/mol. The van der Waals surface area contributed by atoms with Gasteiger partial charge in [0.05, 0.1) is 12.3 Å². The van der Waals surface area contributed by atoms with Gasteiger partial charge in [0.15, 0.2) is 11.6 Å². The Morgan fingerprint density at radius 3 is 2.47 bits per heavy atom. The van der Waals surface area contributed by atoms with Crippen molar-refractivity contribution in [3.63, 3.8) is 0 Å². The summed E-state index contributed by atoms with van der Waals surface area (Å²) in [5.74, 6) is -2.18. The van der Waals surface area contributed by atoms with Gasteiger partial charge in [-0.05, 0) is 30.5 Å². The van der Waals surface area contributed by atoms with Crippen LogP contribution in [-0.2, 0) is 6.42 Å². The quantitative estimate of drug-likeness (QED) is 0.661. The molecule has 2 N–H and O–H groups in total. The van der Waals surface area contributed by atoms with Crippen LogP contribution in [-0.4, -0.2) is 6.61 Å². The van der Waals surface area contributed by atoms with Crippen LogP contribution in [0.25, 0.3) is 0 Å². The van der Waals surface area contributed by atoms with E-state index in [2.05, 4.69) is 0 Å². The van der Waals surface area contributed by atoms with Crippen molar-refractivity contribution in [3.05, 3.63) is 59.7 Å². The maximum absolute atomic E-state index is 13.4. The monoisotopic (exact) mass is 263 g/mol. The van der Waals surface area contributed by atoms with E-state index in [1.807, 2.05) is 30.3 Å². The molecular formula is C15H15F2NO. The third-order valence-electron chi connectivity index (χ3n) is 2.78. The van der Waals surface area contributed by atoms with Gasteiger partial charge in [0, 0.05) is 0 Å². The largest absolute Gasteiger partial charge is 0.488 e. The standard InChI is InChI=1S/C15H15F2NO/c16-12-8-9-13(18)15(14(12)17)19-10-4-7-11-5-2-1-3-6-11/h1-3,5-6,8-9H,4,7,10,18H2. The second-order valence-corrected chi connectivity index (χ2v) is 4.22. The predicted molar refractivity (Wildman–Crippen MR) is 71.0 cm³/mol. The molecule has 0 atom stereocenters. The number of halogens is 2. The highest BCUT2D eigenvalue weighted by molar-refractivity contribution is 5.53. The topological polar surface area (TPSA) is 35.2 Å². The van der Waals surface area contributed by atoms with Crippen molar-refractivity contribution >= 4 is 5.69 Å². The third kappa shape index (κ3) is 3.44. The van der Waals surface area contributed by atoms with Gasteiger partial charge < -0.3 is 10.5 Å². The highest BCUT2D eigenvalue weighted by Crippen LogP contribution is 2.27. The molecule has 19 heavy (non-hydrogen) atoms. The maximum atomic E-state index is 13.4. The van der Waals surface area contributed by atoms with Crippen molar-refractivity contribution < 1.29 is 13.5 Å². The summed E-state index contributed by atoms with van der Waals surface area (Å²) < 4.78 is 31.7. The summed E-state index contributed by atoms with van der Waals surface area (Å²) in [6.07, 6.45) is 1.52. The summed E-state index contributed by atoms with van der Waals surface area (Å²) in [5.41, 5.74) is 6.84. The Labute approximate surface area is 110 Å². The molecule has 2 nitrogen and oxygen atoms in total. The molecule has 2 aromatic rings. The van der Waals surface area contributed by atoms with Crippen molar-refractivity contribution in [2.75, 3.05) is 12.3 Å². The van der Waals surface area contributed by atoms with Crippen LogP contribution in [0.1, 0.15) is 12.0 Å². The van der Waals surface area contributed by atoms with Crippen LogP contribution < -0.4 is 10.5 Å². The number of hydrogen-bond donors (Lipinski definition) is 1. The van der Waals surface area contributed by atoms with Gasteiger partial charge in [-0.3, -0.25) is 0 Å². The molecule has 0 fully saturated rings. The Balaban J connectivity index is 1.88. The number of anilines is 1. The lowest BCUT2D eigenvalue weighted by atomic mass is 10.1. The zero-order chi connectivity index (χ0) is 13.7. The molecule has 0 aliphatic carbocycles. The molecule has 4 heteroatoms. The molecule has 2 rings (SSSR count). The third-order valence-corrected chi connectivity index (χ3v) is 2.78. The molecule has 0 aromatic heterocycles. The van der Waals surface area contributed by atoms with Crippen molar-refractivity contribution in [1.82, 2.24) is 0 Å². The lowest BCUT2D eigenvalue weighted by molar-refractivity contribution is 0.292. The fourth-order valence-corrected chi connectivity index (χ4v) is 1.79. The van der Waals surface area contributed by atoms with Gasteiger partial charge in [-0.2, -0.15) is 4.39 Å². The van der Waals surface area contributed by atoms with Gasteiger partial charge in [0.1, 0.15) is 0 Å². The molecule has 0 aliphatic heterocycles. The summed E-state index contributed by atoms with van der Waals surface area (Å²) >= 11 is 0. The van der Waals surface area contributed by atoms with Crippen LogP contribution >= 0.6 is 0 Å². The number of aryl methyl sites for hydroxylation is 1. The fraction of sp³-hybridized carbons (Fsp3) is 0.200. The number of nitrogen functional groups attached to an aromatic ring is 1. The second kappa shape index (κ2) is 6.18. The molecule has 0 saturated carbocycles. The molecule has 0 bridgehead atoms. The maximum Gasteiger partial charge on any atom is 0.202 e. The Kier molecular flexibility index (Phi) is 4.34. The van der Waals surface area contributed by atoms with E-state index >= 15 is 0 Å². The van der Waals surface area contributed by atoms with Gasteiger partial charge in [0.25, 0.3) is 0 Å². The van der Waals surface area contributed by atoms with Crippen molar-refractivity contribution in [1.29, 1.82) is 0 Å². The number of ether oxygens (including phenoxy) is 1.